The molecule has 3 aromatic rings. The Labute approximate surface area is 194 Å². The molecule has 9 heteroatoms. The second-order valence-electron chi connectivity index (χ2n) is 6.26. The molecule has 158 valence electrons. The zero-order valence-electron chi connectivity index (χ0n) is 16.0. The van der Waals surface area contributed by atoms with Crippen LogP contribution >= 0.6 is 35.4 Å². The molecule has 0 aromatic heterocycles. The zero-order chi connectivity index (χ0) is 22.2. The molecule has 3 N–H and O–H groups in total. The molecule has 0 spiro atoms. The molecule has 0 atom stereocenters. The highest BCUT2D eigenvalue weighted by Crippen LogP contribution is 2.27. The van der Waals surface area contributed by atoms with Crippen LogP contribution in [0, 0.1) is 0 Å². The van der Waals surface area contributed by atoms with Crippen molar-refractivity contribution in [3.63, 3.8) is 0 Å². The lowest BCUT2D eigenvalue weighted by Crippen LogP contribution is -2.49. The van der Waals surface area contributed by atoms with Crippen LogP contribution in [-0.2, 0) is 9.59 Å². The van der Waals surface area contributed by atoms with Crippen molar-refractivity contribution in [3.05, 3.63) is 82.3 Å². The minimum absolute atomic E-state index is 0.0644. The van der Waals surface area contributed by atoms with E-state index < -0.39 is 11.8 Å². The summed E-state index contributed by atoms with van der Waals surface area (Å²) in [4.78, 5) is 24.0. The largest absolute Gasteiger partial charge is 0.482 e. The number of fused-ring (bicyclic) bond motifs is 1. The van der Waals surface area contributed by atoms with Crippen molar-refractivity contribution in [2.24, 2.45) is 0 Å². The van der Waals surface area contributed by atoms with E-state index in [1.807, 2.05) is 42.5 Å². The number of benzene rings is 3. The quantitative estimate of drug-likeness (QED) is 0.293. The van der Waals surface area contributed by atoms with E-state index in [1.165, 1.54) is 12.1 Å². The van der Waals surface area contributed by atoms with Gasteiger partial charge < -0.3 is 4.74 Å². The maximum absolute atomic E-state index is 12.1. The molecule has 3 rings (SSSR count). The van der Waals surface area contributed by atoms with Crippen LogP contribution in [0.3, 0.4) is 0 Å². The number of nitrogens with one attached hydrogen (secondary N) is 3. The number of hydrogen-bond acceptors (Lipinski definition) is 4. The number of hydrogen-bond donors (Lipinski definition) is 3. The summed E-state index contributed by atoms with van der Waals surface area (Å²) < 4.78 is 5.31. The van der Waals surface area contributed by atoms with E-state index in [0.717, 1.165) is 16.3 Å². The van der Waals surface area contributed by atoms with Crippen LogP contribution in [0.25, 0.3) is 16.8 Å². The molecular formula is C22H17Cl2N3O3S. The average Bonchev–Trinajstić information content (AvgIpc) is 2.75. The third-order valence-corrected chi connectivity index (χ3v) is 4.78. The van der Waals surface area contributed by atoms with Gasteiger partial charge in [0.2, 0.25) is 5.91 Å². The lowest BCUT2D eigenvalue weighted by atomic mass is 10.0. The van der Waals surface area contributed by atoms with Crippen LogP contribution in [0.2, 0.25) is 10.0 Å². The summed E-state index contributed by atoms with van der Waals surface area (Å²) in [6, 6.07) is 18.4. The molecule has 0 unspecified atom stereocenters. The van der Waals surface area contributed by atoms with Crippen molar-refractivity contribution in [2.45, 2.75) is 0 Å². The predicted molar refractivity (Wildman–Crippen MR) is 127 cm³/mol. The Balaban J connectivity index is 1.45. The van der Waals surface area contributed by atoms with Crippen LogP contribution in [0.1, 0.15) is 5.56 Å². The Kier molecular flexibility index (Phi) is 7.83. The molecule has 3 aromatic carbocycles. The standard InChI is InChI=1S/C22H17Cl2N3O3S/c23-16-9-10-19(18(24)12-16)30-13-21(29)26-27-22(31)25-20(28)11-8-15-6-3-5-14-4-1-2-7-17(14)15/h1-12H,13H2,(H,26,29)(H2,25,27,28,31). The highest BCUT2D eigenvalue weighted by atomic mass is 35.5. The van der Waals surface area contributed by atoms with Crippen molar-refractivity contribution in [1.82, 2.24) is 16.2 Å². The van der Waals surface area contributed by atoms with Gasteiger partial charge in [-0.15, -0.1) is 0 Å². The molecule has 31 heavy (non-hydrogen) atoms. The number of carbonyl (C=O) groups is 2. The lowest BCUT2D eigenvalue weighted by Gasteiger charge is -2.11. The molecule has 2 amide bonds. The highest BCUT2D eigenvalue weighted by molar-refractivity contribution is 7.80. The van der Waals surface area contributed by atoms with E-state index in [1.54, 1.807) is 18.2 Å². The second kappa shape index (κ2) is 10.8. The summed E-state index contributed by atoms with van der Waals surface area (Å²) >= 11 is 16.8. The van der Waals surface area contributed by atoms with Crippen molar-refractivity contribution in [3.8, 4) is 5.75 Å². The van der Waals surface area contributed by atoms with Gasteiger partial charge in [-0.05, 0) is 52.8 Å². The number of amides is 2. The minimum Gasteiger partial charge on any atom is -0.482 e. The van der Waals surface area contributed by atoms with Gasteiger partial charge in [0, 0.05) is 11.1 Å². The third kappa shape index (κ3) is 6.68. The molecule has 0 saturated heterocycles. The summed E-state index contributed by atoms with van der Waals surface area (Å²) in [5.74, 6) is -0.645. The molecule has 0 radical (unpaired) electrons. The number of ether oxygens (including phenoxy) is 1. The SMILES string of the molecule is O=C(C=Cc1cccc2ccccc12)NC(=S)NNC(=O)COc1ccc(Cl)cc1Cl. The van der Waals surface area contributed by atoms with Crippen molar-refractivity contribution < 1.29 is 14.3 Å². The number of hydrazine groups is 1. The Morgan fingerprint density at radius 2 is 1.77 bits per heavy atom. The maximum atomic E-state index is 12.1. The number of thiocarbonyl (C=S) groups is 1. The third-order valence-electron chi connectivity index (χ3n) is 4.04. The van der Waals surface area contributed by atoms with Crippen molar-refractivity contribution in [2.75, 3.05) is 6.61 Å². The van der Waals surface area contributed by atoms with Crippen LogP contribution in [0.5, 0.6) is 5.75 Å². The van der Waals surface area contributed by atoms with Crippen LogP contribution in [0.15, 0.2) is 66.7 Å². The molecule has 0 aliphatic carbocycles. The normalized spacial score (nSPS) is 10.6. The summed E-state index contributed by atoms with van der Waals surface area (Å²) in [6.45, 7) is -0.314. The summed E-state index contributed by atoms with van der Waals surface area (Å²) in [7, 11) is 0. The first-order valence-electron chi connectivity index (χ1n) is 9.06. The van der Waals surface area contributed by atoms with Crippen molar-refractivity contribution >= 4 is 69.2 Å². The second-order valence-corrected chi connectivity index (χ2v) is 7.51. The van der Waals surface area contributed by atoms with Gasteiger partial charge in [-0.3, -0.25) is 25.8 Å². The number of halogens is 2. The van der Waals surface area contributed by atoms with Gasteiger partial charge in [-0.25, -0.2) is 0 Å². The molecule has 0 aliphatic rings. The fourth-order valence-electron chi connectivity index (χ4n) is 2.64. The van der Waals surface area contributed by atoms with Gasteiger partial charge in [0.25, 0.3) is 5.91 Å². The first kappa shape index (κ1) is 22.6. The summed E-state index contributed by atoms with van der Waals surface area (Å²) in [5, 5.41) is 5.23. The van der Waals surface area contributed by atoms with E-state index in [0.29, 0.717) is 10.8 Å². The van der Waals surface area contributed by atoms with Crippen LogP contribution in [0.4, 0.5) is 0 Å². The fourth-order valence-corrected chi connectivity index (χ4v) is 3.26. The van der Waals surface area contributed by atoms with Crippen LogP contribution in [-0.4, -0.2) is 23.5 Å². The summed E-state index contributed by atoms with van der Waals surface area (Å²) in [5.41, 5.74) is 5.66. The molecule has 0 aliphatic heterocycles. The monoisotopic (exact) mass is 473 g/mol. The van der Waals surface area contributed by atoms with E-state index >= 15 is 0 Å². The summed E-state index contributed by atoms with van der Waals surface area (Å²) in [6.07, 6.45) is 3.06. The van der Waals surface area contributed by atoms with Crippen LogP contribution < -0.4 is 20.9 Å². The Morgan fingerprint density at radius 1 is 1.00 bits per heavy atom. The molecule has 0 bridgehead atoms. The topological polar surface area (TPSA) is 79.5 Å². The van der Waals surface area contributed by atoms with Gasteiger partial charge in [0.05, 0.1) is 5.02 Å². The van der Waals surface area contributed by atoms with E-state index in [2.05, 4.69) is 16.2 Å². The fraction of sp³-hybridized carbons (Fsp3) is 0.0455. The Morgan fingerprint density at radius 3 is 2.58 bits per heavy atom. The Bertz CT molecular complexity index is 1160. The van der Waals surface area contributed by atoms with E-state index in [-0.39, 0.29) is 16.7 Å². The maximum Gasteiger partial charge on any atom is 0.276 e. The van der Waals surface area contributed by atoms with Gasteiger partial charge in [-0.2, -0.15) is 0 Å². The highest BCUT2D eigenvalue weighted by Gasteiger charge is 2.08. The van der Waals surface area contributed by atoms with Crippen molar-refractivity contribution in [1.29, 1.82) is 0 Å². The Hall–Kier alpha value is -3.13. The van der Waals surface area contributed by atoms with Gasteiger partial charge >= 0.3 is 0 Å². The van der Waals surface area contributed by atoms with Gasteiger partial charge in [0.1, 0.15) is 5.75 Å². The molecule has 6 nitrogen and oxygen atoms in total. The zero-order valence-corrected chi connectivity index (χ0v) is 18.4. The van der Waals surface area contributed by atoms with E-state index in [9.17, 15) is 9.59 Å². The minimum atomic E-state index is -0.520. The number of carbonyl (C=O) groups excluding carboxylic acids is 2. The van der Waals surface area contributed by atoms with E-state index in [4.69, 9.17) is 40.2 Å². The number of rotatable bonds is 5. The molecule has 0 fully saturated rings. The van der Waals surface area contributed by atoms with Gasteiger partial charge in [0.15, 0.2) is 11.7 Å². The smallest absolute Gasteiger partial charge is 0.276 e. The molecular weight excluding hydrogens is 457 g/mol. The first-order chi connectivity index (χ1) is 14.9. The molecule has 0 heterocycles. The van der Waals surface area contributed by atoms with Gasteiger partial charge in [-0.1, -0.05) is 65.7 Å². The molecule has 0 saturated carbocycles. The lowest BCUT2D eigenvalue weighted by molar-refractivity contribution is -0.123. The first-order valence-corrected chi connectivity index (χ1v) is 10.2. The predicted octanol–water partition coefficient (Wildman–Crippen LogP) is 4.26. The average molecular weight is 474 g/mol.